The quantitative estimate of drug-likeness (QED) is 0.148. The third-order valence-electron chi connectivity index (χ3n) is 9.75. The van der Waals surface area contributed by atoms with Gasteiger partial charge in [0.05, 0.1) is 63.2 Å². The predicted molar refractivity (Wildman–Crippen MR) is 212 cm³/mol. The topological polar surface area (TPSA) is 183 Å². The summed E-state index contributed by atoms with van der Waals surface area (Å²) in [5.74, 6) is -1.63. The van der Waals surface area contributed by atoms with Crippen molar-refractivity contribution in [2.45, 2.75) is 37.6 Å². The smallest absolute Gasteiger partial charge is 0.405 e. The van der Waals surface area contributed by atoms with E-state index in [-0.39, 0.29) is 61.8 Å². The van der Waals surface area contributed by atoms with Crippen molar-refractivity contribution in [2.24, 2.45) is 7.05 Å². The van der Waals surface area contributed by atoms with Crippen molar-refractivity contribution < 1.29 is 40.3 Å². The Morgan fingerprint density at radius 3 is 2.21 bits per heavy atom. The van der Waals surface area contributed by atoms with Crippen molar-refractivity contribution in [3.8, 4) is 11.4 Å². The number of fused-ring (bicyclic) bond motifs is 2. The van der Waals surface area contributed by atoms with Crippen molar-refractivity contribution in [3.05, 3.63) is 122 Å². The van der Waals surface area contributed by atoms with E-state index < -0.39 is 60.4 Å². The van der Waals surface area contributed by atoms with Gasteiger partial charge >= 0.3 is 6.09 Å². The second kappa shape index (κ2) is 15.1. The number of aryl methyl sites for hydroxylation is 1. The monoisotopic (exact) mass is 842 g/mol. The minimum atomic E-state index is -4.04. The number of rotatable bonds is 12. The van der Waals surface area contributed by atoms with E-state index >= 15 is 0 Å². The Labute approximate surface area is 331 Å². The predicted octanol–water partition coefficient (Wildman–Crippen LogP) is 6.01. The zero-order chi connectivity index (χ0) is 41.8. The summed E-state index contributed by atoms with van der Waals surface area (Å²) in [6.07, 6.45) is 0.108. The van der Waals surface area contributed by atoms with Gasteiger partial charge in [0.2, 0.25) is 10.0 Å². The number of aromatic nitrogens is 4. The molecule has 0 bridgehead atoms. The van der Waals surface area contributed by atoms with Crippen LogP contribution in [0.2, 0.25) is 5.02 Å². The number of carboxylic acid groups (broad SMARTS) is 1. The SMILES string of the molecule is COc1ccc(CN(c2nn(C)c3c(-n4c(C(Cc5cc(F)cc(F)c5)NC(=O)O)nc5cc(C(C)(C)S(C)(=O)=O)ccc5c4=O)ccc(Cl)c23)S(C)(=O)=O)cc1. The molecule has 57 heavy (non-hydrogen) atoms. The van der Waals surface area contributed by atoms with Gasteiger partial charge in [0.1, 0.15) is 23.2 Å². The number of nitrogens with one attached hydrogen (secondary N) is 1. The molecule has 0 aliphatic rings. The van der Waals surface area contributed by atoms with Gasteiger partial charge in [-0.05, 0) is 79.1 Å². The van der Waals surface area contributed by atoms with Crippen LogP contribution in [-0.2, 0) is 44.6 Å². The summed E-state index contributed by atoms with van der Waals surface area (Å²) >= 11 is 6.81. The molecular formula is C38H37ClF2N6O8S2. The van der Waals surface area contributed by atoms with Gasteiger partial charge in [-0.15, -0.1) is 0 Å². The molecule has 6 aromatic rings. The lowest BCUT2D eigenvalue weighted by Gasteiger charge is -2.25. The second-order valence-corrected chi connectivity index (χ2v) is 18.8. The zero-order valence-corrected chi connectivity index (χ0v) is 33.8. The van der Waals surface area contributed by atoms with E-state index in [0.717, 1.165) is 33.5 Å². The van der Waals surface area contributed by atoms with Gasteiger partial charge in [0.15, 0.2) is 15.7 Å². The molecule has 2 N–H and O–H groups in total. The van der Waals surface area contributed by atoms with Crippen LogP contribution in [0.1, 0.15) is 42.4 Å². The molecule has 1 amide bonds. The summed E-state index contributed by atoms with van der Waals surface area (Å²) in [5.41, 5.74) is 0.334. The lowest BCUT2D eigenvalue weighted by Crippen LogP contribution is -2.35. The van der Waals surface area contributed by atoms with Crippen molar-refractivity contribution in [3.63, 3.8) is 0 Å². The van der Waals surface area contributed by atoms with E-state index in [4.69, 9.17) is 21.3 Å². The van der Waals surface area contributed by atoms with E-state index in [1.165, 1.54) is 63.0 Å². The molecule has 0 radical (unpaired) electrons. The Balaban J connectivity index is 1.67. The molecule has 1 atom stereocenters. The molecule has 0 fully saturated rings. The summed E-state index contributed by atoms with van der Waals surface area (Å²) in [5, 5.41) is 17.1. The molecule has 1 unspecified atom stereocenters. The molecular weight excluding hydrogens is 806 g/mol. The summed E-state index contributed by atoms with van der Waals surface area (Å²) in [6.45, 7) is 2.80. The van der Waals surface area contributed by atoms with Crippen LogP contribution in [0.15, 0.2) is 77.6 Å². The molecule has 4 aromatic carbocycles. The number of methoxy groups -OCH3 is 1. The molecule has 0 saturated heterocycles. The standard InChI is InChI=1S/C38H37ClF2N6O8S2/c1-38(2,56(5,51)52)23-9-12-27-29(18-23)42-34(30(43-37(49)50)17-22-15-24(40)19-25(41)16-22)47(36(27)48)31-14-13-28(39)32-33(31)45(3)44-35(32)46(57(6,53)54)20-21-7-10-26(55-4)11-8-21/h7-16,18-19,30,43H,17,20H2,1-6H3,(H,49,50). The number of amides is 1. The highest BCUT2D eigenvalue weighted by Gasteiger charge is 2.34. The number of anilines is 1. The number of hydrogen-bond donors (Lipinski definition) is 2. The first kappa shape index (κ1) is 41.1. The maximum atomic E-state index is 14.8. The highest BCUT2D eigenvalue weighted by molar-refractivity contribution is 7.92. The zero-order valence-electron chi connectivity index (χ0n) is 31.4. The Kier molecular flexibility index (Phi) is 10.8. The summed E-state index contributed by atoms with van der Waals surface area (Å²) < 4.78 is 88.5. The number of halogens is 3. The van der Waals surface area contributed by atoms with Gasteiger partial charge in [-0.2, -0.15) is 5.10 Å². The first-order chi connectivity index (χ1) is 26.6. The molecule has 6 rings (SSSR count). The minimum Gasteiger partial charge on any atom is -0.497 e. The maximum Gasteiger partial charge on any atom is 0.405 e. The van der Waals surface area contributed by atoms with E-state index in [2.05, 4.69) is 10.4 Å². The fourth-order valence-electron chi connectivity index (χ4n) is 6.52. The van der Waals surface area contributed by atoms with E-state index in [1.807, 2.05) is 0 Å². The largest absolute Gasteiger partial charge is 0.497 e. The molecule has 14 nitrogen and oxygen atoms in total. The van der Waals surface area contributed by atoms with Crippen LogP contribution in [-0.4, -0.2) is 67.0 Å². The van der Waals surface area contributed by atoms with Gasteiger partial charge in [-0.25, -0.2) is 39.7 Å². The fourth-order valence-corrected chi connectivity index (χ4v) is 8.14. The molecule has 0 spiro atoms. The van der Waals surface area contributed by atoms with Crippen molar-refractivity contribution in [1.82, 2.24) is 24.6 Å². The molecule has 0 saturated carbocycles. The third-order valence-corrected chi connectivity index (χ3v) is 13.3. The maximum absolute atomic E-state index is 14.8. The second-order valence-electron chi connectivity index (χ2n) is 14.0. The first-order valence-corrected chi connectivity index (χ1v) is 21.2. The first-order valence-electron chi connectivity index (χ1n) is 17.1. The van der Waals surface area contributed by atoms with Gasteiger partial charge < -0.3 is 15.2 Å². The highest BCUT2D eigenvalue weighted by Crippen LogP contribution is 2.39. The van der Waals surface area contributed by atoms with Crippen LogP contribution >= 0.6 is 11.6 Å². The summed E-state index contributed by atoms with van der Waals surface area (Å²) in [4.78, 5) is 31.9. The third kappa shape index (κ3) is 8.01. The van der Waals surface area contributed by atoms with E-state index in [0.29, 0.717) is 17.4 Å². The molecule has 2 heterocycles. The molecule has 0 aliphatic heterocycles. The molecule has 19 heteroatoms. The summed E-state index contributed by atoms with van der Waals surface area (Å²) in [6, 6.07) is 15.1. The highest BCUT2D eigenvalue weighted by atomic mass is 35.5. The van der Waals surface area contributed by atoms with Crippen LogP contribution in [0.3, 0.4) is 0 Å². The van der Waals surface area contributed by atoms with Crippen LogP contribution in [0.4, 0.5) is 19.4 Å². The Morgan fingerprint density at radius 2 is 1.63 bits per heavy atom. The lowest BCUT2D eigenvalue weighted by molar-refractivity contribution is 0.189. The van der Waals surface area contributed by atoms with Crippen LogP contribution in [0.5, 0.6) is 5.75 Å². The average Bonchev–Trinajstić information content (AvgIpc) is 3.46. The van der Waals surface area contributed by atoms with Gasteiger partial charge in [-0.3, -0.25) is 14.0 Å². The lowest BCUT2D eigenvalue weighted by atomic mass is 10.00. The van der Waals surface area contributed by atoms with Crippen LogP contribution < -0.4 is 19.9 Å². The normalized spacial score (nSPS) is 12.9. The number of carbonyl (C=O) groups is 1. The van der Waals surface area contributed by atoms with E-state index in [9.17, 15) is 40.3 Å². The van der Waals surface area contributed by atoms with Crippen LogP contribution in [0.25, 0.3) is 27.5 Å². The minimum absolute atomic E-state index is 0.000404. The Hall–Kier alpha value is -5.59. The summed E-state index contributed by atoms with van der Waals surface area (Å²) in [7, 11) is -4.73. The van der Waals surface area contributed by atoms with Crippen molar-refractivity contribution in [2.75, 3.05) is 23.9 Å². The Bertz CT molecular complexity index is 2850. The number of hydrogen-bond acceptors (Lipinski definition) is 9. The van der Waals surface area contributed by atoms with Gasteiger partial charge in [-0.1, -0.05) is 29.8 Å². The number of ether oxygens (including phenoxy) is 1. The number of benzene rings is 4. The van der Waals surface area contributed by atoms with Gasteiger partial charge in [0, 0.05) is 25.8 Å². The van der Waals surface area contributed by atoms with Crippen molar-refractivity contribution >= 4 is 65.2 Å². The van der Waals surface area contributed by atoms with Gasteiger partial charge in [0.25, 0.3) is 5.56 Å². The molecule has 300 valence electrons. The van der Waals surface area contributed by atoms with E-state index in [1.54, 1.807) is 24.3 Å². The van der Waals surface area contributed by atoms with Crippen molar-refractivity contribution in [1.29, 1.82) is 0 Å². The van der Waals surface area contributed by atoms with Crippen LogP contribution in [0, 0.1) is 11.6 Å². The number of sulfonamides is 1. The number of sulfone groups is 1. The fraction of sp³-hybridized carbons (Fsp3) is 0.263. The number of nitrogens with zero attached hydrogens (tertiary/aromatic N) is 5. The molecule has 0 aliphatic carbocycles. The average molecular weight is 843 g/mol. The Morgan fingerprint density at radius 1 is 0.982 bits per heavy atom. The molecule has 2 aromatic heterocycles.